The zero-order chi connectivity index (χ0) is 12.3. The SMILES string of the molecule is Cc1ccccc1CNc1c(N)cccc1Cl. The number of nitrogens with two attached hydrogens (primary N) is 1. The Balaban J connectivity index is 2.16. The normalized spacial score (nSPS) is 10.2. The van der Waals surface area contributed by atoms with Crippen LogP contribution in [0.1, 0.15) is 11.1 Å². The summed E-state index contributed by atoms with van der Waals surface area (Å²) in [6.45, 7) is 2.81. The molecule has 88 valence electrons. The summed E-state index contributed by atoms with van der Waals surface area (Å²) in [5, 5.41) is 3.93. The lowest BCUT2D eigenvalue weighted by atomic mass is 10.1. The molecule has 2 rings (SSSR count). The largest absolute Gasteiger partial charge is 0.397 e. The van der Waals surface area contributed by atoms with Gasteiger partial charge in [0.05, 0.1) is 16.4 Å². The lowest BCUT2D eigenvalue weighted by Gasteiger charge is -2.12. The first-order valence-electron chi connectivity index (χ1n) is 5.51. The fraction of sp³-hybridized carbons (Fsp3) is 0.143. The van der Waals surface area contributed by atoms with Gasteiger partial charge in [0.15, 0.2) is 0 Å². The van der Waals surface area contributed by atoms with E-state index in [1.165, 1.54) is 11.1 Å². The molecule has 0 spiro atoms. The molecule has 0 aromatic heterocycles. The molecule has 0 unspecified atom stereocenters. The smallest absolute Gasteiger partial charge is 0.0765 e. The summed E-state index contributed by atoms with van der Waals surface area (Å²) in [5.74, 6) is 0. The van der Waals surface area contributed by atoms with Gasteiger partial charge < -0.3 is 11.1 Å². The highest BCUT2D eigenvalue weighted by molar-refractivity contribution is 6.33. The van der Waals surface area contributed by atoms with Crippen LogP contribution in [0.5, 0.6) is 0 Å². The van der Waals surface area contributed by atoms with Gasteiger partial charge in [-0.15, -0.1) is 0 Å². The van der Waals surface area contributed by atoms with Gasteiger partial charge in [0.25, 0.3) is 0 Å². The zero-order valence-corrected chi connectivity index (χ0v) is 10.5. The van der Waals surface area contributed by atoms with Gasteiger partial charge in [0.1, 0.15) is 0 Å². The van der Waals surface area contributed by atoms with Gasteiger partial charge in [-0.1, -0.05) is 41.9 Å². The van der Waals surface area contributed by atoms with Crippen LogP contribution in [0.3, 0.4) is 0 Å². The van der Waals surface area contributed by atoms with Crippen LogP contribution in [-0.2, 0) is 6.54 Å². The minimum Gasteiger partial charge on any atom is -0.397 e. The van der Waals surface area contributed by atoms with Crippen LogP contribution in [0, 0.1) is 6.92 Å². The standard InChI is InChI=1S/C14H15ClN2/c1-10-5-2-3-6-11(10)9-17-14-12(15)7-4-8-13(14)16/h2-8,17H,9,16H2,1H3. The number of anilines is 2. The molecule has 0 aliphatic heterocycles. The number of nitrogen functional groups attached to an aromatic ring is 1. The average molecular weight is 247 g/mol. The lowest BCUT2D eigenvalue weighted by molar-refractivity contribution is 1.12. The van der Waals surface area contributed by atoms with Crippen molar-refractivity contribution < 1.29 is 0 Å². The summed E-state index contributed by atoms with van der Waals surface area (Å²) in [6.07, 6.45) is 0. The maximum absolute atomic E-state index is 6.09. The summed E-state index contributed by atoms with van der Waals surface area (Å²) in [5.41, 5.74) is 9.85. The molecular formula is C14H15ClN2. The quantitative estimate of drug-likeness (QED) is 0.808. The third-order valence-corrected chi connectivity index (χ3v) is 3.08. The Labute approximate surface area is 106 Å². The first-order chi connectivity index (χ1) is 8.18. The van der Waals surface area contributed by atoms with Gasteiger partial charge in [0.2, 0.25) is 0 Å². The van der Waals surface area contributed by atoms with Crippen molar-refractivity contribution in [2.24, 2.45) is 0 Å². The van der Waals surface area contributed by atoms with Crippen molar-refractivity contribution in [3.8, 4) is 0 Å². The summed E-state index contributed by atoms with van der Waals surface area (Å²) < 4.78 is 0. The monoisotopic (exact) mass is 246 g/mol. The van der Waals surface area contributed by atoms with Crippen LogP contribution in [0.25, 0.3) is 0 Å². The number of para-hydroxylation sites is 1. The molecule has 2 nitrogen and oxygen atoms in total. The van der Waals surface area contributed by atoms with Crippen LogP contribution in [0.15, 0.2) is 42.5 Å². The molecule has 0 radical (unpaired) electrons. The molecule has 3 heteroatoms. The van der Waals surface area contributed by atoms with Crippen molar-refractivity contribution in [3.63, 3.8) is 0 Å². The number of rotatable bonds is 3. The maximum Gasteiger partial charge on any atom is 0.0765 e. The van der Waals surface area contributed by atoms with Gasteiger partial charge in [-0.25, -0.2) is 0 Å². The summed E-state index contributed by atoms with van der Waals surface area (Å²) in [7, 11) is 0. The van der Waals surface area contributed by atoms with E-state index in [4.69, 9.17) is 17.3 Å². The minimum absolute atomic E-state index is 0.651. The Bertz CT molecular complexity index is 503. The number of aryl methyl sites for hydroxylation is 1. The van der Waals surface area contributed by atoms with Gasteiger partial charge in [-0.05, 0) is 30.2 Å². The van der Waals surface area contributed by atoms with Crippen molar-refractivity contribution in [2.45, 2.75) is 13.5 Å². The number of nitrogens with one attached hydrogen (secondary N) is 1. The molecule has 2 aromatic rings. The van der Waals surface area contributed by atoms with Crippen LogP contribution in [0.4, 0.5) is 11.4 Å². The molecule has 17 heavy (non-hydrogen) atoms. The maximum atomic E-state index is 6.09. The molecule has 3 N–H and O–H groups in total. The molecule has 0 heterocycles. The first kappa shape index (κ1) is 11.8. The van der Waals surface area contributed by atoms with Crippen LogP contribution in [0.2, 0.25) is 5.02 Å². The molecule has 2 aromatic carbocycles. The molecule has 0 aliphatic carbocycles. The lowest BCUT2D eigenvalue weighted by Crippen LogP contribution is -2.04. The molecule has 0 aliphatic rings. The topological polar surface area (TPSA) is 38.0 Å². The second-order valence-electron chi connectivity index (χ2n) is 3.98. The van der Waals surface area contributed by atoms with E-state index in [9.17, 15) is 0 Å². The molecule has 0 bridgehead atoms. The van der Waals surface area contributed by atoms with E-state index >= 15 is 0 Å². The third-order valence-electron chi connectivity index (χ3n) is 2.76. The molecular weight excluding hydrogens is 232 g/mol. The number of hydrogen-bond donors (Lipinski definition) is 2. The van der Waals surface area contributed by atoms with Gasteiger partial charge in [0, 0.05) is 6.54 Å². The first-order valence-corrected chi connectivity index (χ1v) is 5.88. The summed E-state index contributed by atoms with van der Waals surface area (Å²) >= 11 is 6.09. The second kappa shape index (κ2) is 5.11. The van der Waals surface area contributed by atoms with Crippen molar-refractivity contribution in [3.05, 3.63) is 58.6 Å². The molecule has 0 amide bonds. The Morgan fingerprint density at radius 3 is 2.59 bits per heavy atom. The van der Waals surface area contributed by atoms with E-state index in [2.05, 4.69) is 24.4 Å². The Hall–Kier alpha value is -1.67. The summed E-state index contributed by atoms with van der Waals surface area (Å²) in [4.78, 5) is 0. The second-order valence-corrected chi connectivity index (χ2v) is 4.39. The third kappa shape index (κ3) is 2.71. The predicted octanol–water partition coefficient (Wildman–Crippen LogP) is 3.84. The highest BCUT2D eigenvalue weighted by atomic mass is 35.5. The fourth-order valence-corrected chi connectivity index (χ4v) is 1.97. The van der Waals surface area contributed by atoms with Crippen LogP contribution < -0.4 is 11.1 Å². The molecule has 0 atom stereocenters. The van der Waals surface area contributed by atoms with E-state index < -0.39 is 0 Å². The van der Waals surface area contributed by atoms with E-state index in [-0.39, 0.29) is 0 Å². The summed E-state index contributed by atoms with van der Waals surface area (Å²) in [6, 6.07) is 13.8. The van der Waals surface area contributed by atoms with Crippen molar-refractivity contribution in [1.29, 1.82) is 0 Å². The van der Waals surface area contributed by atoms with E-state index in [1.54, 1.807) is 0 Å². The molecule has 0 saturated carbocycles. The number of hydrogen-bond acceptors (Lipinski definition) is 2. The zero-order valence-electron chi connectivity index (χ0n) is 9.70. The van der Waals surface area contributed by atoms with Crippen LogP contribution in [-0.4, -0.2) is 0 Å². The minimum atomic E-state index is 0.651. The Morgan fingerprint density at radius 2 is 1.88 bits per heavy atom. The number of benzene rings is 2. The van der Waals surface area contributed by atoms with E-state index in [0.29, 0.717) is 10.7 Å². The van der Waals surface area contributed by atoms with E-state index in [1.807, 2.05) is 30.3 Å². The molecule has 0 fully saturated rings. The van der Waals surface area contributed by atoms with Crippen molar-refractivity contribution in [2.75, 3.05) is 11.1 Å². The fourth-order valence-electron chi connectivity index (χ4n) is 1.72. The number of halogens is 1. The van der Waals surface area contributed by atoms with Crippen molar-refractivity contribution in [1.82, 2.24) is 0 Å². The highest BCUT2D eigenvalue weighted by Crippen LogP contribution is 2.28. The van der Waals surface area contributed by atoms with Gasteiger partial charge >= 0.3 is 0 Å². The predicted molar refractivity (Wildman–Crippen MR) is 74.4 cm³/mol. The Morgan fingerprint density at radius 1 is 1.12 bits per heavy atom. The van der Waals surface area contributed by atoms with Gasteiger partial charge in [-0.3, -0.25) is 0 Å². The van der Waals surface area contributed by atoms with Gasteiger partial charge in [-0.2, -0.15) is 0 Å². The highest BCUT2D eigenvalue weighted by Gasteiger charge is 2.04. The molecule has 0 saturated heterocycles. The van der Waals surface area contributed by atoms with Crippen molar-refractivity contribution >= 4 is 23.0 Å². The average Bonchev–Trinajstić information content (AvgIpc) is 2.30. The van der Waals surface area contributed by atoms with Crippen LogP contribution >= 0.6 is 11.6 Å². The Kier molecular flexibility index (Phi) is 3.55. The van der Waals surface area contributed by atoms with E-state index in [0.717, 1.165) is 12.2 Å².